The number of fused-ring (bicyclic) bond motifs is 1. The molecule has 7 nitrogen and oxygen atoms in total. The Morgan fingerprint density at radius 2 is 1.62 bits per heavy atom. The first-order chi connectivity index (χ1) is 17.9. The van der Waals surface area contributed by atoms with Crippen LogP contribution in [0.5, 0.6) is 11.5 Å². The van der Waals surface area contributed by atoms with E-state index in [1.807, 2.05) is 42.5 Å². The number of aromatic carboxylic acids is 1. The van der Waals surface area contributed by atoms with Gasteiger partial charge in [0.05, 0.1) is 30.5 Å². The number of rotatable bonds is 10. The molecule has 0 spiro atoms. The third-order valence-corrected chi connectivity index (χ3v) is 7.12. The number of methoxy groups -OCH3 is 2. The van der Waals surface area contributed by atoms with Crippen LogP contribution in [0.4, 0.5) is 5.69 Å². The minimum Gasteiger partial charge on any atom is -0.478 e. The second-order valence-electron chi connectivity index (χ2n) is 9.79. The van der Waals surface area contributed by atoms with Crippen molar-refractivity contribution in [2.75, 3.05) is 32.3 Å². The molecule has 3 aromatic carbocycles. The number of hydrogen-bond acceptors (Lipinski definition) is 5. The Balaban J connectivity index is 1.73. The summed E-state index contributed by atoms with van der Waals surface area (Å²) in [5.41, 5.74) is 0.313. The van der Waals surface area contributed by atoms with Gasteiger partial charge >= 0.3 is 5.97 Å². The zero-order chi connectivity index (χ0) is 26.4. The minimum atomic E-state index is -1.14. The van der Waals surface area contributed by atoms with Crippen molar-refractivity contribution < 1.29 is 28.9 Å². The molecule has 0 radical (unpaired) electrons. The fourth-order valence-electron chi connectivity index (χ4n) is 5.15. The Morgan fingerprint density at radius 3 is 2.30 bits per heavy atom. The number of carboxylic acids is 1. The van der Waals surface area contributed by atoms with Crippen molar-refractivity contribution in [3.63, 3.8) is 0 Å². The maximum atomic E-state index is 13.9. The molecule has 1 aliphatic rings. The van der Waals surface area contributed by atoms with Crippen molar-refractivity contribution in [3.8, 4) is 11.5 Å². The molecule has 0 aromatic heterocycles. The van der Waals surface area contributed by atoms with Gasteiger partial charge in [0, 0.05) is 25.5 Å². The molecule has 7 heteroatoms. The lowest BCUT2D eigenvalue weighted by atomic mass is 9.82. The van der Waals surface area contributed by atoms with E-state index >= 15 is 0 Å². The van der Waals surface area contributed by atoms with E-state index in [1.54, 1.807) is 31.3 Å². The highest BCUT2D eigenvalue weighted by Crippen LogP contribution is 2.36. The van der Waals surface area contributed by atoms with E-state index in [2.05, 4.69) is 6.92 Å². The van der Waals surface area contributed by atoms with E-state index in [4.69, 9.17) is 14.2 Å². The Hall–Kier alpha value is -3.42. The van der Waals surface area contributed by atoms with Gasteiger partial charge in [-0.1, -0.05) is 43.3 Å². The summed E-state index contributed by atoms with van der Waals surface area (Å²) < 4.78 is 17.0. The number of benzene rings is 3. The van der Waals surface area contributed by atoms with Crippen LogP contribution in [0.3, 0.4) is 0 Å². The summed E-state index contributed by atoms with van der Waals surface area (Å²) in [5, 5.41) is 12.1. The number of nitrogens with zero attached hydrogens (tertiary/aromatic N) is 1. The summed E-state index contributed by atoms with van der Waals surface area (Å²) in [4.78, 5) is 27.9. The first kappa shape index (κ1) is 26.6. The fourth-order valence-corrected chi connectivity index (χ4v) is 5.15. The highest BCUT2D eigenvalue weighted by atomic mass is 16.5. The van der Waals surface area contributed by atoms with Crippen molar-refractivity contribution in [1.29, 1.82) is 0 Å². The minimum absolute atomic E-state index is 0.00697. The number of hydrogen-bond donors (Lipinski definition) is 1. The Morgan fingerprint density at radius 1 is 0.946 bits per heavy atom. The molecule has 1 aliphatic carbocycles. The molecule has 0 bridgehead atoms. The second-order valence-corrected chi connectivity index (χ2v) is 9.79. The topological polar surface area (TPSA) is 85.3 Å². The Labute approximate surface area is 217 Å². The second kappa shape index (κ2) is 12.2. The zero-order valence-corrected chi connectivity index (χ0v) is 21.7. The highest BCUT2D eigenvalue weighted by molar-refractivity contribution is 6.03. The molecule has 0 heterocycles. The SMILES string of the molecule is COCC(COC)N(C(=O)C1CCC(C)CC1)c1ccc(Oc2cccc3ccccc23)cc1C(=O)O. The molecule has 37 heavy (non-hydrogen) atoms. The van der Waals surface area contributed by atoms with Crippen LogP contribution in [0.25, 0.3) is 10.8 Å². The summed E-state index contributed by atoms with van der Waals surface area (Å²) in [7, 11) is 3.12. The van der Waals surface area contributed by atoms with Crippen LogP contribution in [-0.2, 0) is 14.3 Å². The lowest BCUT2D eigenvalue weighted by Gasteiger charge is -2.36. The summed E-state index contributed by atoms with van der Waals surface area (Å²) in [6, 6.07) is 18.0. The monoisotopic (exact) mass is 505 g/mol. The van der Waals surface area contributed by atoms with Crippen LogP contribution >= 0.6 is 0 Å². The number of ether oxygens (including phenoxy) is 3. The molecular weight excluding hydrogens is 470 g/mol. The quantitative estimate of drug-likeness (QED) is 0.356. The molecule has 1 N–H and O–H groups in total. The molecular formula is C30H35NO6. The number of carbonyl (C=O) groups excluding carboxylic acids is 1. The van der Waals surface area contributed by atoms with E-state index < -0.39 is 12.0 Å². The van der Waals surface area contributed by atoms with E-state index in [1.165, 1.54) is 6.07 Å². The lowest BCUT2D eigenvalue weighted by Crippen LogP contribution is -2.49. The van der Waals surface area contributed by atoms with Crippen LogP contribution in [0.1, 0.15) is 43.0 Å². The molecule has 0 unspecified atom stereocenters. The van der Waals surface area contributed by atoms with Crippen LogP contribution in [0.15, 0.2) is 60.7 Å². The standard InChI is InChI=1S/C30H35NO6/c1-20-11-13-22(14-12-20)29(32)31(23(18-35-2)19-36-3)27-16-15-24(17-26(27)30(33)34)37-28-10-6-8-21-7-4-5-9-25(21)28/h4-10,15-17,20,22-23H,11-14,18-19H2,1-3H3,(H,33,34). The zero-order valence-electron chi connectivity index (χ0n) is 21.7. The van der Waals surface area contributed by atoms with Crippen molar-refractivity contribution in [3.05, 3.63) is 66.2 Å². The fraction of sp³-hybridized carbons (Fsp3) is 0.400. The average Bonchev–Trinajstić information content (AvgIpc) is 2.90. The molecule has 1 saturated carbocycles. The third kappa shape index (κ3) is 6.12. The normalized spacial score (nSPS) is 17.6. The van der Waals surface area contributed by atoms with Crippen molar-refractivity contribution in [2.45, 2.75) is 38.6 Å². The van der Waals surface area contributed by atoms with Crippen molar-refractivity contribution in [2.24, 2.45) is 11.8 Å². The molecule has 4 rings (SSSR count). The number of carbonyl (C=O) groups is 2. The number of amides is 1. The predicted molar refractivity (Wildman–Crippen MR) is 144 cm³/mol. The van der Waals surface area contributed by atoms with Gasteiger partial charge in [0.2, 0.25) is 5.91 Å². The summed E-state index contributed by atoms with van der Waals surface area (Å²) in [5.74, 6) is 0.208. The van der Waals surface area contributed by atoms with Gasteiger partial charge < -0.3 is 24.2 Å². The highest BCUT2D eigenvalue weighted by Gasteiger charge is 2.35. The number of carboxylic acid groups (broad SMARTS) is 1. The lowest BCUT2D eigenvalue weighted by molar-refractivity contribution is -0.124. The third-order valence-electron chi connectivity index (χ3n) is 7.12. The first-order valence-corrected chi connectivity index (χ1v) is 12.8. The van der Waals surface area contributed by atoms with Gasteiger partial charge in [-0.05, 0) is 61.3 Å². The maximum absolute atomic E-state index is 13.9. The van der Waals surface area contributed by atoms with Gasteiger partial charge in [-0.15, -0.1) is 0 Å². The van der Waals surface area contributed by atoms with E-state index in [-0.39, 0.29) is 30.6 Å². The molecule has 0 atom stereocenters. The van der Waals surface area contributed by atoms with Crippen molar-refractivity contribution in [1.82, 2.24) is 0 Å². The van der Waals surface area contributed by atoms with Gasteiger partial charge in [0.25, 0.3) is 0 Å². The largest absolute Gasteiger partial charge is 0.478 e. The van der Waals surface area contributed by atoms with E-state index in [9.17, 15) is 14.7 Å². The van der Waals surface area contributed by atoms with E-state index in [0.29, 0.717) is 23.1 Å². The first-order valence-electron chi connectivity index (χ1n) is 12.8. The van der Waals surface area contributed by atoms with Crippen molar-refractivity contribution >= 4 is 28.3 Å². The Bertz CT molecular complexity index is 1220. The summed E-state index contributed by atoms with van der Waals surface area (Å²) in [6.45, 7) is 2.64. The molecule has 1 amide bonds. The molecule has 0 aliphatic heterocycles. The van der Waals surface area contributed by atoms with Gasteiger partial charge in [0.15, 0.2) is 0 Å². The maximum Gasteiger partial charge on any atom is 0.337 e. The van der Waals surface area contributed by atoms with Crippen LogP contribution in [0, 0.1) is 11.8 Å². The van der Waals surface area contributed by atoms with Gasteiger partial charge in [-0.25, -0.2) is 4.79 Å². The molecule has 1 fully saturated rings. The average molecular weight is 506 g/mol. The van der Waals surface area contributed by atoms with E-state index in [0.717, 1.165) is 36.5 Å². The number of anilines is 1. The van der Waals surface area contributed by atoms with Crippen LogP contribution in [-0.4, -0.2) is 50.5 Å². The predicted octanol–water partition coefficient (Wildman–Crippen LogP) is 6.15. The van der Waals surface area contributed by atoms with Gasteiger partial charge in [-0.3, -0.25) is 4.79 Å². The molecule has 0 saturated heterocycles. The summed E-state index contributed by atoms with van der Waals surface area (Å²) >= 11 is 0. The van der Waals surface area contributed by atoms with Gasteiger partial charge in [0.1, 0.15) is 11.5 Å². The Kier molecular flexibility index (Phi) is 8.79. The molecule has 3 aromatic rings. The van der Waals surface area contributed by atoms with Crippen LogP contribution < -0.4 is 9.64 Å². The molecule has 196 valence electrons. The summed E-state index contributed by atoms with van der Waals surface area (Å²) in [6.07, 6.45) is 3.53. The van der Waals surface area contributed by atoms with Crippen LogP contribution in [0.2, 0.25) is 0 Å². The smallest absolute Gasteiger partial charge is 0.337 e. The van der Waals surface area contributed by atoms with Gasteiger partial charge in [-0.2, -0.15) is 0 Å².